The van der Waals surface area contributed by atoms with Crippen molar-refractivity contribution in [3.8, 4) is 16.9 Å². The number of hydrogen-bond donors (Lipinski definition) is 1. The number of phenols is 1. The van der Waals surface area contributed by atoms with Gasteiger partial charge in [-0.15, -0.1) is 0 Å². The van der Waals surface area contributed by atoms with Crippen molar-refractivity contribution < 1.29 is 5.11 Å². The number of aromatic hydroxyl groups is 1. The van der Waals surface area contributed by atoms with Crippen molar-refractivity contribution in [2.75, 3.05) is 0 Å². The molecule has 16 heavy (non-hydrogen) atoms. The molecule has 0 radical (unpaired) electrons. The van der Waals surface area contributed by atoms with Gasteiger partial charge in [-0.25, -0.2) is 0 Å². The van der Waals surface area contributed by atoms with Crippen molar-refractivity contribution in [1.82, 2.24) is 0 Å². The Bertz CT molecular complexity index is 512. The molecule has 1 nitrogen and oxygen atoms in total. The Morgan fingerprint density at radius 3 is 2.50 bits per heavy atom. The maximum absolute atomic E-state index is 9.53. The normalized spacial score (nSPS) is 10.4. The lowest BCUT2D eigenvalue weighted by Crippen LogP contribution is -1.86. The van der Waals surface area contributed by atoms with Crippen molar-refractivity contribution in [3.05, 3.63) is 52.5 Å². The molecule has 0 spiro atoms. The first-order valence-corrected chi connectivity index (χ1v) is 5.52. The highest BCUT2D eigenvalue weighted by atomic mass is 35.5. The molecule has 0 aliphatic heterocycles. The molecule has 82 valence electrons. The van der Waals surface area contributed by atoms with Gasteiger partial charge in [-0.3, -0.25) is 0 Å². The summed E-state index contributed by atoms with van der Waals surface area (Å²) in [5.41, 5.74) is 4.50. The van der Waals surface area contributed by atoms with E-state index in [1.807, 2.05) is 18.2 Å². The zero-order valence-corrected chi connectivity index (χ0v) is 10.0. The molecule has 0 saturated carbocycles. The Labute approximate surface area is 100 Å². The quantitative estimate of drug-likeness (QED) is 0.776. The Morgan fingerprint density at radius 1 is 1.06 bits per heavy atom. The van der Waals surface area contributed by atoms with E-state index in [9.17, 15) is 5.11 Å². The fraction of sp³-hybridized carbons (Fsp3) is 0.143. The summed E-state index contributed by atoms with van der Waals surface area (Å²) in [4.78, 5) is 0. The van der Waals surface area contributed by atoms with Gasteiger partial charge in [-0.05, 0) is 54.3 Å². The van der Waals surface area contributed by atoms with Crippen LogP contribution in [0.5, 0.6) is 5.75 Å². The summed E-state index contributed by atoms with van der Waals surface area (Å²) < 4.78 is 0. The molecule has 0 heterocycles. The summed E-state index contributed by atoms with van der Waals surface area (Å²) in [5, 5.41) is 10.1. The Hall–Kier alpha value is -1.47. The lowest BCUT2D eigenvalue weighted by atomic mass is 9.97. The predicted octanol–water partition coefficient (Wildman–Crippen LogP) is 4.33. The molecule has 0 amide bonds. The first kappa shape index (κ1) is 11.0. The second-order valence-electron chi connectivity index (χ2n) is 3.95. The summed E-state index contributed by atoms with van der Waals surface area (Å²) in [7, 11) is 0. The van der Waals surface area contributed by atoms with E-state index >= 15 is 0 Å². The molecule has 2 rings (SSSR count). The summed E-state index contributed by atoms with van der Waals surface area (Å²) in [5.74, 6) is 0.198. The van der Waals surface area contributed by atoms with Crippen LogP contribution in [0.4, 0.5) is 0 Å². The second-order valence-corrected chi connectivity index (χ2v) is 4.38. The molecule has 0 atom stereocenters. The van der Waals surface area contributed by atoms with Crippen LogP contribution in [-0.4, -0.2) is 5.11 Å². The van der Waals surface area contributed by atoms with E-state index in [1.165, 1.54) is 17.2 Å². The summed E-state index contributed by atoms with van der Waals surface area (Å²) in [6, 6.07) is 11.2. The number of hydrogen-bond acceptors (Lipinski definition) is 1. The number of rotatable bonds is 1. The van der Waals surface area contributed by atoms with Crippen LogP contribution < -0.4 is 0 Å². The first-order valence-electron chi connectivity index (χ1n) is 5.14. The van der Waals surface area contributed by atoms with Gasteiger partial charge in [-0.1, -0.05) is 29.8 Å². The minimum Gasteiger partial charge on any atom is -0.508 e. The van der Waals surface area contributed by atoms with E-state index in [4.69, 9.17) is 11.6 Å². The fourth-order valence-electron chi connectivity index (χ4n) is 1.79. The average molecular weight is 233 g/mol. The van der Waals surface area contributed by atoms with Crippen LogP contribution in [0, 0.1) is 13.8 Å². The fourth-order valence-corrected chi connectivity index (χ4v) is 2.02. The lowest BCUT2D eigenvalue weighted by molar-refractivity contribution is 0.475. The van der Waals surface area contributed by atoms with E-state index in [0.717, 1.165) is 11.1 Å². The van der Waals surface area contributed by atoms with Crippen LogP contribution in [0.3, 0.4) is 0 Å². The third-order valence-electron chi connectivity index (χ3n) is 2.80. The van der Waals surface area contributed by atoms with E-state index < -0.39 is 0 Å². The minimum atomic E-state index is 0.198. The van der Waals surface area contributed by atoms with Crippen molar-refractivity contribution in [3.63, 3.8) is 0 Å². The lowest BCUT2D eigenvalue weighted by Gasteiger charge is -2.09. The molecular formula is C14H13ClO. The molecule has 0 aromatic heterocycles. The van der Waals surface area contributed by atoms with E-state index in [2.05, 4.69) is 19.9 Å². The third kappa shape index (κ3) is 2.05. The standard InChI is InChI=1S/C14H13ClO/c1-9-4-3-5-14(10(9)2)11-6-12(15)8-13(16)7-11/h3-8,16H,1-2H3. The molecule has 2 heteroatoms. The third-order valence-corrected chi connectivity index (χ3v) is 3.02. The number of halogens is 1. The topological polar surface area (TPSA) is 20.2 Å². The van der Waals surface area contributed by atoms with Gasteiger partial charge in [0.15, 0.2) is 0 Å². The highest BCUT2D eigenvalue weighted by Crippen LogP contribution is 2.30. The average Bonchev–Trinajstić information content (AvgIpc) is 2.20. The molecule has 0 fully saturated rings. The predicted molar refractivity (Wildman–Crippen MR) is 68.0 cm³/mol. The van der Waals surface area contributed by atoms with Gasteiger partial charge in [0, 0.05) is 5.02 Å². The van der Waals surface area contributed by atoms with Crippen molar-refractivity contribution >= 4 is 11.6 Å². The van der Waals surface area contributed by atoms with Crippen molar-refractivity contribution in [1.29, 1.82) is 0 Å². The Morgan fingerprint density at radius 2 is 1.81 bits per heavy atom. The van der Waals surface area contributed by atoms with E-state index in [0.29, 0.717) is 5.02 Å². The molecule has 0 saturated heterocycles. The van der Waals surface area contributed by atoms with Gasteiger partial charge < -0.3 is 5.11 Å². The van der Waals surface area contributed by atoms with Crippen LogP contribution in [0.15, 0.2) is 36.4 Å². The number of aryl methyl sites for hydroxylation is 1. The molecule has 0 aliphatic carbocycles. The van der Waals surface area contributed by atoms with Crippen LogP contribution in [-0.2, 0) is 0 Å². The summed E-state index contributed by atoms with van der Waals surface area (Å²) in [6.07, 6.45) is 0. The van der Waals surface area contributed by atoms with Gasteiger partial charge in [0.25, 0.3) is 0 Å². The number of benzene rings is 2. The van der Waals surface area contributed by atoms with Gasteiger partial charge in [0.2, 0.25) is 0 Å². The molecule has 2 aromatic carbocycles. The molecule has 2 aromatic rings. The zero-order valence-electron chi connectivity index (χ0n) is 9.29. The van der Waals surface area contributed by atoms with Crippen LogP contribution in [0.1, 0.15) is 11.1 Å². The monoisotopic (exact) mass is 232 g/mol. The second kappa shape index (κ2) is 4.18. The molecule has 1 N–H and O–H groups in total. The SMILES string of the molecule is Cc1cccc(-c2cc(O)cc(Cl)c2)c1C. The van der Waals surface area contributed by atoms with Crippen molar-refractivity contribution in [2.24, 2.45) is 0 Å². The van der Waals surface area contributed by atoms with Gasteiger partial charge >= 0.3 is 0 Å². The van der Waals surface area contributed by atoms with Gasteiger partial charge in [0.1, 0.15) is 5.75 Å². The highest BCUT2D eigenvalue weighted by molar-refractivity contribution is 6.31. The highest BCUT2D eigenvalue weighted by Gasteiger charge is 2.05. The summed E-state index contributed by atoms with van der Waals surface area (Å²) >= 11 is 5.93. The minimum absolute atomic E-state index is 0.198. The van der Waals surface area contributed by atoms with Crippen LogP contribution in [0.2, 0.25) is 5.02 Å². The molecule has 0 bridgehead atoms. The largest absolute Gasteiger partial charge is 0.508 e. The number of phenolic OH excluding ortho intramolecular Hbond substituents is 1. The van der Waals surface area contributed by atoms with E-state index in [-0.39, 0.29) is 5.75 Å². The van der Waals surface area contributed by atoms with E-state index in [1.54, 1.807) is 6.07 Å². The van der Waals surface area contributed by atoms with Crippen molar-refractivity contribution in [2.45, 2.75) is 13.8 Å². The van der Waals surface area contributed by atoms with Crippen LogP contribution >= 0.6 is 11.6 Å². The van der Waals surface area contributed by atoms with Crippen LogP contribution in [0.25, 0.3) is 11.1 Å². The summed E-state index contributed by atoms with van der Waals surface area (Å²) in [6.45, 7) is 4.14. The van der Waals surface area contributed by atoms with Gasteiger partial charge in [-0.2, -0.15) is 0 Å². The maximum atomic E-state index is 9.53. The molecule has 0 aliphatic rings. The zero-order chi connectivity index (χ0) is 11.7. The van der Waals surface area contributed by atoms with Gasteiger partial charge in [0.05, 0.1) is 0 Å². The Balaban J connectivity index is 2.63. The smallest absolute Gasteiger partial charge is 0.117 e. The molecular weight excluding hydrogens is 220 g/mol. The maximum Gasteiger partial charge on any atom is 0.117 e. The Kier molecular flexibility index (Phi) is 2.88. The molecule has 0 unspecified atom stereocenters. The first-order chi connectivity index (χ1) is 7.58.